The van der Waals surface area contributed by atoms with Crippen LogP contribution in [0.2, 0.25) is 0 Å². The summed E-state index contributed by atoms with van der Waals surface area (Å²) in [5.74, 6) is -9.36. The predicted molar refractivity (Wildman–Crippen MR) is 170 cm³/mol. The van der Waals surface area contributed by atoms with Gasteiger partial charge in [-0.05, 0) is 11.8 Å². The fraction of sp³-hybridized carbons (Fsp3) is 0.654. The molecule has 0 aromatic carbocycles. The quantitative estimate of drug-likeness (QED) is 0.0685. The minimum absolute atomic E-state index is 0.0386. The number of aliphatic hydroxyl groups is 3. The van der Waals surface area contributed by atoms with Crippen molar-refractivity contribution in [1.82, 2.24) is 19.5 Å². The molecule has 2 aliphatic heterocycles. The van der Waals surface area contributed by atoms with Gasteiger partial charge in [0, 0.05) is 27.7 Å². The van der Waals surface area contributed by atoms with E-state index >= 15 is 0 Å². The van der Waals surface area contributed by atoms with E-state index < -0.39 is 118 Å². The Hall–Kier alpha value is -3.29. The molecular weight excluding hydrogens is 780 g/mol. The maximum absolute atomic E-state index is 13.1. The summed E-state index contributed by atoms with van der Waals surface area (Å²) in [6, 6.07) is 0. The molecule has 4 heterocycles. The van der Waals surface area contributed by atoms with E-state index in [-0.39, 0.29) is 17.0 Å². The minimum Gasteiger partial charge on any atom is -0.462 e. The first-order valence-electron chi connectivity index (χ1n) is 15.3. The molecule has 3 aliphatic rings. The van der Waals surface area contributed by atoms with Crippen molar-refractivity contribution in [2.45, 2.75) is 82.6 Å². The maximum atomic E-state index is 13.1. The van der Waals surface area contributed by atoms with Gasteiger partial charge in [-0.1, -0.05) is 0 Å². The summed E-state index contributed by atoms with van der Waals surface area (Å²) in [7, 11) is -5.55. The average molecular weight is 816 g/mol. The van der Waals surface area contributed by atoms with Crippen molar-refractivity contribution < 1.29 is 90.6 Å². The van der Waals surface area contributed by atoms with Crippen LogP contribution in [0.3, 0.4) is 0 Å². The third-order valence-electron chi connectivity index (χ3n) is 8.20. The maximum Gasteiger partial charge on any atom is 0.481 e. The third-order valence-corrected chi connectivity index (χ3v) is 11.7. The van der Waals surface area contributed by atoms with Gasteiger partial charge in [-0.25, -0.2) is 23.8 Å². The van der Waals surface area contributed by atoms with E-state index in [1.807, 2.05) is 0 Å². The highest BCUT2D eigenvalue weighted by atomic mass is 32.5. The van der Waals surface area contributed by atoms with E-state index in [1.165, 1.54) is 10.9 Å². The summed E-state index contributed by atoms with van der Waals surface area (Å²) in [4.78, 5) is 81.1. The number of esters is 4. The predicted octanol–water partition coefficient (Wildman–Crippen LogP) is -1.96. The highest BCUT2D eigenvalue weighted by Gasteiger charge is 2.78. The van der Waals surface area contributed by atoms with E-state index in [1.54, 1.807) is 0 Å². The van der Waals surface area contributed by atoms with E-state index in [0.717, 1.165) is 34.0 Å². The first-order valence-corrected chi connectivity index (χ1v) is 19.4. The number of anilines is 1. The fourth-order valence-corrected chi connectivity index (χ4v) is 9.42. The van der Waals surface area contributed by atoms with Gasteiger partial charge in [0.15, 0.2) is 24.0 Å². The van der Waals surface area contributed by atoms with Gasteiger partial charge in [0.2, 0.25) is 5.79 Å². The van der Waals surface area contributed by atoms with Crippen molar-refractivity contribution in [3.8, 4) is 0 Å². The Morgan fingerprint density at radius 3 is 2.34 bits per heavy atom. The van der Waals surface area contributed by atoms with E-state index in [0.29, 0.717) is 0 Å². The second kappa shape index (κ2) is 15.5. The topological polar surface area (TPSA) is 339 Å². The summed E-state index contributed by atoms with van der Waals surface area (Å²) in [6.45, 7) is -2.33. The number of hydrogen-bond acceptors (Lipinski definition) is 22. The number of phosphoric ester groups is 1. The number of nitrogens with two attached hydrogens (primary N) is 1. The number of aromatic nitrogens is 4. The lowest BCUT2D eigenvalue weighted by atomic mass is 9.85. The Morgan fingerprint density at radius 2 is 1.72 bits per heavy atom. The van der Waals surface area contributed by atoms with Crippen LogP contribution in [0.4, 0.5) is 5.82 Å². The normalized spacial score (nSPS) is 33.5. The number of nitrogens with zero attached hydrogens (tertiary/aromatic N) is 4. The highest BCUT2D eigenvalue weighted by molar-refractivity contribution is 8.08. The van der Waals surface area contributed by atoms with Gasteiger partial charge in [0.25, 0.3) is 0 Å². The van der Waals surface area contributed by atoms with Crippen LogP contribution in [-0.4, -0.2) is 130 Å². The molecule has 0 bridgehead atoms. The van der Waals surface area contributed by atoms with Crippen molar-refractivity contribution in [1.29, 1.82) is 0 Å². The zero-order valence-corrected chi connectivity index (χ0v) is 30.6. The molecule has 1 saturated carbocycles. The van der Waals surface area contributed by atoms with Gasteiger partial charge in [-0.15, -0.1) is 0 Å². The number of ether oxygens (including phenoxy) is 6. The lowest BCUT2D eigenvalue weighted by Gasteiger charge is -2.52. The van der Waals surface area contributed by atoms with Crippen molar-refractivity contribution >= 4 is 67.2 Å². The zero-order chi connectivity index (χ0) is 39.2. The molecule has 3 fully saturated rings. The van der Waals surface area contributed by atoms with Gasteiger partial charge >= 0.3 is 38.4 Å². The van der Waals surface area contributed by atoms with Gasteiger partial charge in [-0.2, -0.15) is 0 Å². The van der Waals surface area contributed by atoms with Crippen LogP contribution in [0.25, 0.3) is 11.2 Å². The molecule has 24 nitrogen and oxygen atoms in total. The van der Waals surface area contributed by atoms with Gasteiger partial charge in [0.1, 0.15) is 66.9 Å². The van der Waals surface area contributed by atoms with Crippen LogP contribution in [0.1, 0.15) is 33.9 Å². The number of rotatable bonds is 14. The Morgan fingerprint density at radius 1 is 1.02 bits per heavy atom. The molecule has 2 aromatic rings. The Bertz CT molecular complexity index is 1850. The molecule has 0 spiro atoms. The lowest BCUT2D eigenvalue weighted by molar-refractivity contribution is -0.426. The number of phosphoric acid groups is 1. The number of aliphatic hydroxyl groups excluding tert-OH is 3. The van der Waals surface area contributed by atoms with Crippen molar-refractivity contribution in [2.75, 3.05) is 18.9 Å². The van der Waals surface area contributed by atoms with Crippen LogP contribution in [0.5, 0.6) is 0 Å². The number of carbonyl (C=O) groups is 4. The van der Waals surface area contributed by atoms with Gasteiger partial charge in [0.05, 0.1) is 12.9 Å². The van der Waals surface area contributed by atoms with E-state index in [4.69, 9.17) is 59.3 Å². The second-order valence-electron chi connectivity index (χ2n) is 11.9. The molecule has 13 atom stereocenters. The SMILES string of the molecule is CC(=O)OC[C@@H](OC(C)=O)C1C(OC(C)=O)C(O)C2C(OP(=O)(O)OP(O)(=S)OC[C@H]3O[C@@H](n4cnc5c(N)ncnc54)[C@H](O)[C@@H]3O)OC21OC(C)=O. The Balaban J connectivity index is 1.29. The first-order chi connectivity index (χ1) is 24.7. The van der Waals surface area contributed by atoms with Gasteiger partial charge < -0.3 is 63.8 Å². The molecule has 0 amide bonds. The zero-order valence-electron chi connectivity index (χ0n) is 28.0. The number of nitrogen functional groups attached to an aromatic ring is 1. The van der Waals surface area contributed by atoms with Gasteiger partial charge in [-0.3, -0.25) is 28.3 Å². The standard InChI is InChI=1S/C26H35N5O19P2S/c1-9(32)42-5-13(44-10(2)33)15-21(45-11(3)34)19(37)16-25(48-26(15,16)47-12(4)35)49-51(39,40)50-52(41,53)43-6-14-18(36)20(38)24(46-14)31-8-30-17-22(27)28-7-29-23(17)31/h7-8,13-16,18-21,24-25,36-38H,5-6H2,1-4H3,(H,39,40)(H,41,53)(H2,27,28,29)/t13-,14-,15?,16?,18-,19?,20-,21?,24-,25?,26?,52?/m1/s1. The largest absolute Gasteiger partial charge is 0.481 e. The lowest BCUT2D eigenvalue weighted by Crippen LogP contribution is -2.67. The Labute approximate surface area is 303 Å². The molecular formula is C26H35N5O19P2S. The van der Waals surface area contributed by atoms with E-state index in [9.17, 15) is 48.8 Å². The molecule has 2 saturated heterocycles. The highest BCUT2D eigenvalue weighted by Crippen LogP contribution is 2.66. The summed E-state index contributed by atoms with van der Waals surface area (Å²) < 4.78 is 61.4. The van der Waals surface area contributed by atoms with Crippen LogP contribution >= 0.6 is 14.5 Å². The molecule has 7 N–H and O–H groups in total. The molecule has 5 rings (SSSR count). The molecule has 8 unspecified atom stereocenters. The summed E-state index contributed by atoms with van der Waals surface area (Å²) in [5, 5.41) is 32.6. The van der Waals surface area contributed by atoms with E-state index in [2.05, 4.69) is 15.0 Å². The summed E-state index contributed by atoms with van der Waals surface area (Å²) in [6.07, 6.45) is -10.8. The Kier molecular flexibility index (Phi) is 11.9. The van der Waals surface area contributed by atoms with Crippen molar-refractivity contribution in [2.24, 2.45) is 11.8 Å². The second-order valence-corrected chi connectivity index (χ2v) is 16.3. The smallest absolute Gasteiger partial charge is 0.462 e. The number of fused-ring (bicyclic) bond motifs is 2. The molecule has 53 heavy (non-hydrogen) atoms. The monoisotopic (exact) mass is 815 g/mol. The molecule has 294 valence electrons. The van der Waals surface area contributed by atoms with Crippen LogP contribution in [-0.2, 0) is 77.3 Å². The third kappa shape index (κ3) is 8.52. The number of carbonyl (C=O) groups excluding carboxylic acids is 4. The van der Waals surface area contributed by atoms with Crippen molar-refractivity contribution in [3.05, 3.63) is 12.7 Å². The number of hydrogen-bond donors (Lipinski definition) is 6. The van der Waals surface area contributed by atoms with Crippen LogP contribution in [0.15, 0.2) is 12.7 Å². The molecule has 2 aromatic heterocycles. The fourth-order valence-electron chi connectivity index (χ4n) is 6.32. The molecule has 27 heteroatoms. The average Bonchev–Trinajstić information content (AvgIpc) is 3.62. The molecule has 0 radical (unpaired) electrons. The number of imidazole rings is 1. The molecule has 1 aliphatic carbocycles. The van der Waals surface area contributed by atoms with Crippen LogP contribution in [0, 0.1) is 11.8 Å². The van der Waals surface area contributed by atoms with Crippen LogP contribution < -0.4 is 5.73 Å². The first kappa shape index (κ1) is 40.9. The van der Waals surface area contributed by atoms with Crippen molar-refractivity contribution in [3.63, 3.8) is 0 Å². The summed E-state index contributed by atoms with van der Waals surface area (Å²) >= 11 is 4.85. The summed E-state index contributed by atoms with van der Waals surface area (Å²) in [5.41, 5.74) is 6.13. The minimum atomic E-state index is -5.55.